The maximum atomic E-state index is 4.08. The first-order valence-electron chi connectivity index (χ1n) is 8.33. The van der Waals surface area contributed by atoms with Crippen molar-refractivity contribution in [2.24, 2.45) is 28.6 Å². The summed E-state index contributed by atoms with van der Waals surface area (Å²) in [6, 6.07) is 0. The zero-order valence-corrected chi connectivity index (χ0v) is 13.0. The van der Waals surface area contributed by atoms with Gasteiger partial charge in [-0.3, -0.25) is 0 Å². The molecule has 2 fully saturated rings. The van der Waals surface area contributed by atoms with Crippen LogP contribution in [0.3, 0.4) is 0 Å². The first-order valence-corrected chi connectivity index (χ1v) is 8.33. The van der Waals surface area contributed by atoms with Crippen LogP contribution in [0.15, 0.2) is 24.3 Å². The molecule has 0 bridgehead atoms. The minimum Gasteiger partial charge on any atom is -0.103 e. The van der Waals surface area contributed by atoms with E-state index in [1.165, 1.54) is 44.9 Å². The summed E-state index contributed by atoms with van der Waals surface area (Å²) in [5.74, 6) is 2.74. The van der Waals surface area contributed by atoms with E-state index in [2.05, 4.69) is 39.5 Å². The van der Waals surface area contributed by atoms with Crippen LogP contribution < -0.4 is 0 Å². The third kappa shape index (κ3) is 2.03. The summed E-state index contributed by atoms with van der Waals surface area (Å²) in [5.41, 5.74) is 2.73. The molecule has 3 rings (SSSR count). The van der Waals surface area contributed by atoms with Crippen molar-refractivity contribution < 1.29 is 0 Å². The van der Waals surface area contributed by atoms with E-state index in [-0.39, 0.29) is 0 Å². The maximum Gasteiger partial charge on any atom is -0.00828 e. The molecule has 3 aliphatic rings. The summed E-state index contributed by atoms with van der Waals surface area (Å²) in [7, 11) is 0. The van der Waals surface area contributed by atoms with E-state index in [4.69, 9.17) is 0 Å². The molecule has 5 atom stereocenters. The molecular weight excluding hydrogens is 228 g/mol. The van der Waals surface area contributed by atoms with Crippen molar-refractivity contribution in [1.29, 1.82) is 0 Å². The Bertz CT molecular complexity index is 404. The predicted octanol–water partition coefficient (Wildman–Crippen LogP) is 5.75. The van der Waals surface area contributed by atoms with Gasteiger partial charge in [0.1, 0.15) is 0 Å². The summed E-state index contributed by atoms with van der Waals surface area (Å²) >= 11 is 0. The van der Waals surface area contributed by atoms with Gasteiger partial charge in [-0.2, -0.15) is 0 Å². The van der Waals surface area contributed by atoms with Crippen molar-refractivity contribution in [1.82, 2.24) is 0 Å². The molecule has 0 aliphatic heterocycles. The molecule has 2 saturated carbocycles. The van der Waals surface area contributed by atoms with E-state index in [1.54, 1.807) is 0 Å². The van der Waals surface area contributed by atoms with Crippen LogP contribution in [0.1, 0.15) is 65.7 Å². The molecule has 0 aromatic heterocycles. The number of allylic oxidation sites excluding steroid dienone is 3. The first-order chi connectivity index (χ1) is 8.98. The Hall–Kier alpha value is -0.520. The standard InChI is InChI=1S/C19H30/c1-5-18(3)12-10-17-15(13-18)8-9-16-14(2)7-6-11-19(16,17)4/h5,10,14-16H,1,6-9,11-13H2,2-4H3/t14?,15?,16?,18-,19+/m0/s1. The molecule has 0 aromatic carbocycles. The second kappa shape index (κ2) is 4.50. The van der Waals surface area contributed by atoms with Gasteiger partial charge in [0.15, 0.2) is 0 Å². The van der Waals surface area contributed by atoms with Crippen molar-refractivity contribution >= 4 is 0 Å². The van der Waals surface area contributed by atoms with Crippen LogP contribution >= 0.6 is 0 Å². The summed E-state index contributed by atoms with van der Waals surface area (Å²) in [6.07, 6.45) is 14.6. The molecule has 0 heterocycles. The fourth-order valence-electron chi connectivity index (χ4n) is 5.54. The van der Waals surface area contributed by atoms with Crippen LogP contribution in [0.4, 0.5) is 0 Å². The number of hydrogen-bond donors (Lipinski definition) is 0. The summed E-state index contributed by atoms with van der Waals surface area (Å²) < 4.78 is 0. The van der Waals surface area contributed by atoms with Crippen LogP contribution in [-0.4, -0.2) is 0 Å². The summed E-state index contributed by atoms with van der Waals surface area (Å²) in [4.78, 5) is 0. The fraction of sp³-hybridized carbons (Fsp3) is 0.789. The van der Waals surface area contributed by atoms with Gasteiger partial charge in [-0.1, -0.05) is 51.3 Å². The summed E-state index contributed by atoms with van der Waals surface area (Å²) in [5, 5.41) is 0. The van der Waals surface area contributed by atoms with Crippen LogP contribution in [0.2, 0.25) is 0 Å². The SMILES string of the molecule is C=C[C@@]1(C)CC=C2C(CCC3C(C)CCC[C@@]23C)C1. The average Bonchev–Trinajstić information content (AvgIpc) is 2.38. The number of fused-ring (bicyclic) bond motifs is 3. The topological polar surface area (TPSA) is 0 Å². The molecule has 0 spiro atoms. The largest absolute Gasteiger partial charge is 0.103 e. The Morgan fingerprint density at radius 3 is 2.79 bits per heavy atom. The van der Waals surface area contributed by atoms with Gasteiger partial charge in [0.25, 0.3) is 0 Å². The molecule has 0 N–H and O–H groups in total. The van der Waals surface area contributed by atoms with E-state index in [9.17, 15) is 0 Å². The molecule has 0 nitrogen and oxygen atoms in total. The highest BCUT2D eigenvalue weighted by molar-refractivity contribution is 5.27. The minimum absolute atomic E-state index is 0.359. The zero-order valence-electron chi connectivity index (χ0n) is 13.0. The Balaban J connectivity index is 1.93. The highest BCUT2D eigenvalue weighted by Crippen LogP contribution is 2.60. The fourth-order valence-corrected chi connectivity index (χ4v) is 5.54. The Morgan fingerprint density at radius 1 is 1.26 bits per heavy atom. The first kappa shape index (κ1) is 13.5. The number of hydrogen-bond acceptors (Lipinski definition) is 0. The Labute approximate surface area is 119 Å². The lowest BCUT2D eigenvalue weighted by Gasteiger charge is -2.55. The third-order valence-electron chi connectivity index (χ3n) is 6.78. The molecular formula is C19H30. The molecule has 19 heavy (non-hydrogen) atoms. The van der Waals surface area contributed by atoms with Crippen molar-refractivity contribution in [2.75, 3.05) is 0 Å². The van der Waals surface area contributed by atoms with Gasteiger partial charge in [0.2, 0.25) is 0 Å². The van der Waals surface area contributed by atoms with Gasteiger partial charge in [0, 0.05) is 0 Å². The monoisotopic (exact) mass is 258 g/mol. The van der Waals surface area contributed by atoms with E-state index in [1.807, 2.05) is 5.57 Å². The normalized spacial score (nSPS) is 49.8. The van der Waals surface area contributed by atoms with Crippen LogP contribution in [0.25, 0.3) is 0 Å². The third-order valence-corrected chi connectivity index (χ3v) is 6.78. The molecule has 0 heteroatoms. The van der Waals surface area contributed by atoms with E-state index < -0.39 is 0 Å². The lowest BCUT2D eigenvalue weighted by Crippen LogP contribution is -2.45. The lowest BCUT2D eigenvalue weighted by atomic mass is 9.50. The highest BCUT2D eigenvalue weighted by atomic mass is 14.5. The molecule has 0 radical (unpaired) electrons. The van der Waals surface area contributed by atoms with Crippen molar-refractivity contribution in [3.05, 3.63) is 24.3 Å². The lowest BCUT2D eigenvalue weighted by molar-refractivity contribution is 0.0398. The van der Waals surface area contributed by atoms with Gasteiger partial charge >= 0.3 is 0 Å². The van der Waals surface area contributed by atoms with Crippen LogP contribution in [0.5, 0.6) is 0 Å². The second-order valence-corrected chi connectivity index (χ2v) is 8.09. The molecule has 3 aliphatic carbocycles. The van der Waals surface area contributed by atoms with Crippen LogP contribution in [0, 0.1) is 28.6 Å². The summed E-state index contributed by atoms with van der Waals surface area (Å²) in [6.45, 7) is 11.6. The predicted molar refractivity (Wildman–Crippen MR) is 83.0 cm³/mol. The molecule has 106 valence electrons. The Morgan fingerprint density at radius 2 is 2.05 bits per heavy atom. The maximum absolute atomic E-state index is 4.08. The van der Waals surface area contributed by atoms with E-state index in [0.717, 1.165) is 17.8 Å². The van der Waals surface area contributed by atoms with E-state index in [0.29, 0.717) is 10.8 Å². The smallest absolute Gasteiger partial charge is 0.00828 e. The van der Waals surface area contributed by atoms with Gasteiger partial charge in [-0.25, -0.2) is 0 Å². The minimum atomic E-state index is 0.359. The second-order valence-electron chi connectivity index (χ2n) is 8.09. The quantitative estimate of drug-likeness (QED) is 0.525. The van der Waals surface area contributed by atoms with Crippen molar-refractivity contribution in [2.45, 2.75) is 65.7 Å². The van der Waals surface area contributed by atoms with Gasteiger partial charge in [0.05, 0.1) is 0 Å². The van der Waals surface area contributed by atoms with E-state index >= 15 is 0 Å². The average molecular weight is 258 g/mol. The zero-order chi connectivity index (χ0) is 13.7. The van der Waals surface area contributed by atoms with Gasteiger partial charge in [-0.05, 0) is 60.7 Å². The number of rotatable bonds is 1. The molecule has 3 unspecified atom stereocenters. The molecule has 0 aromatic rings. The van der Waals surface area contributed by atoms with Crippen molar-refractivity contribution in [3.8, 4) is 0 Å². The molecule has 0 saturated heterocycles. The Kier molecular flexibility index (Phi) is 3.19. The molecule has 0 amide bonds. The highest BCUT2D eigenvalue weighted by Gasteiger charge is 2.49. The van der Waals surface area contributed by atoms with Gasteiger partial charge in [-0.15, -0.1) is 6.58 Å². The van der Waals surface area contributed by atoms with Crippen LogP contribution in [-0.2, 0) is 0 Å². The van der Waals surface area contributed by atoms with Gasteiger partial charge < -0.3 is 0 Å². The van der Waals surface area contributed by atoms with Crippen molar-refractivity contribution in [3.63, 3.8) is 0 Å².